The van der Waals surface area contributed by atoms with Crippen LogP contribution in [0.15, 0.2) is 34.9 Å². The third-order valence-electron chi connectivity index (χ3n) is 2.09. The summed E-state index contributed by atoms with van der Waals surface area (Å²) in [6, 6.07) is 7.44. The van der Waals surface area contributed by atoms with Gasteiger partial charge in [0, 0.05) is 17.7 Å². The topological polar surface area (TPSA) is 78.1 Å². The molecule has 2 aromatic rings. The molecular weight excluding hydrogens is 190 g/mol. The van der Waals surface area contributed by atoms with Gasteiger partial charge in [-0.25, -0.2) is 4.98 Å². The Kier molecular flexibility index (Phi) is 2.69. The van der Waals surface area contributed by atoms with Crippen molar-refractivity contribution in [3.8, 4) is 11.5 Å². The zero-order valence-corrected chi connectivity index (χ0v) is 8.31. The molecule has 15 heavy (non-hydrogen) atoms. The Labute approximate surface area is 87.9 Å². The highest BCUT2D eigenvalue weighted by atomic mass is 16.3. The molecule has 0 radical (unpaired) electrons. The lowest BCUT2D eigenvalue weighted by molar-refractivity contribution is 0.572. The molecule has 1 aromatic heterocycles. The van der Waals surface area contributed by atoms with Crippen LogP contribution in [0.2, 0.25) is 0 Å². The van der Waals surface area contributed by atoms with E-state index >= 15 is 0 Å². The number of rotatable bonds is 3. The molecule has 0 aliphatic heterocycles. The van der Waals surface area contributed by atoms with Crippen LogP contribution in [-0.2, 0) is 6.42 Å². The highest BCUT2D eigenvalue weighted by Gasteiger charge is 2.05. The number of oxazole rings is 1. The molecule has 4 nitrogen and oxygen atoms in total. The monoisotopic (exact) mass is 203 g/mol. The van der Waals surface area contributed by atoms with Crippen molar-refractivity contribution in [1.29, 1.82) is 0 Å². The van der Waals surface area contributed by atoms with Crippen molar-refractivity contribution < 1.29 is 4.42 Å². The largest absolute Gasteiger partial charge is 0.444 e. The molecule has 0 unspecified atom stereocenters. The summed E-state index contributed by atoms with van der Waals surface area (Å²) in [6.07, 6.45) is 2.36. The quantitative estimate of drug-likeness (QED) is 0.739. The molecule has 0 fully saturated rings. The van der Waals surface area contributed by atoms with Crippen LogP contribution >= 0.6 is 0 Å². The minimum Gasteiger partial charge on any atom is -0.444 e. The Hall–Kier alpha value is -1.81. The van der Waals surface area contributed by atoms with Crippen molar-refractivity contribution in [3.63, 3.8) is 0 Å². The second-order valence-electron chi connectivity index (χ2n) is 3.31. The van der Waals surface area contributed by atoms with Gasteiger partial charge < -0.3 is 15.9 Å². The molecule has 0 aliphatic rings. The van der Waals surface area contributed by atoms with Crippen LogP contribution in [0.25, 0.3) is 11.5 Å². The Morgan fingerprint density at radius 2 is 2.20 bits per heavy atom. The van der Waals surface area contributed by atoms with Crippen molar-refractivity contribution in [2.24, 2.45) is 5.73 Å². The predicted molar refractivity (Wildman–Crippen MR) is 59.1 cm³/mol. The van der Waals surface area contributed by atoms with Gasteiger partial charge in [0.05, 0.1) is 5.69 Å². The van der Waals surface area contributed by atoms with E-state index in [4.69, 9.17) is 15.9 Å². The van der Waals surface area contributed by atoms with Gasteiger partial charge in [0.1, 0.15) is 6.26 Å². The van der Waals surface area contributed by atoms with E-state index in [1.807, 2.05) is 24.3 Å². The maximum Gasteiger partial charge on any atom is 0.226 e. The SMILES string of the molecule is NCCc1coc(-c2cccc(N)c2)n1. The maximum absolute atomic E-state index is 5.67. The van der Waals surface area contributed by atoms with Crippen molar-refractivity contribution in [1.82, 2.24) is 4.98 Å². The lowest BCUT2D eigenvalue weighted by Gasteiger charge is -1.96. The first-order chi connectivity index (χ1) is 7.29. The van der Waals surface area contributed by atoms with Crippen LogP contribution < -0.4 is 11.5 Å². The van der Waals surface area contributed by atoms with Gasteiger partial charge in [-0.3, -0.25) is 0 Å². The van der Waals surface area contributed by atoms with Crippen LogP contribution in [0.5, 0.6) is 0 Å². The molecule has 78 valence electrons. The van der Waals surface area contributed by atoms with Gasteiger partial charge in [0.2, 0.25) is 5.89 Å². The number of nitrogens with two attached hydrogens (primary N) is 2. The smallest absolute Gasteiger partial charge is 0.226 e. The normalized spacial score (nSPS) is 10.5. The Balaban J connectivity index is 2.29. The first kappa shape index (κ1) is 9.73. The molecular formula is C11H13N3O. The van der Waals surface area contributed by atoms with E-state index in [-0.39, 0.29) is 0 Å². The van der Waals surface area contributed by atoms with Gasteiger partial charge in [-0.05, 0) is 24.7 Å². The lowest BCUT2D eigenvalue weighted by atomic mass is 10.2. The van der Waals surface area contributed by atoms with Gasteiger partial charge in [-0.15, -0.1) is 0 Å². The Bertz CT molecular complexity index is 451. The molecule has 0 amide bonds. The summed E-state index contributed by atoms with van der Waals surface area (Å²) in [6.45, 7) is 0.572. The van der Waals surface area contributed by atoms with E-state index in [1.54, 1.807) is 6.26 Å². The highest BCUT2D eigenvalue weighted by molar-refractivity contribution is 5.59. The second-order valence-corrected chi connectivity index (χ2v) is 3.31. The van der Waals surface area contributed by atoms with E-state index in [9.17, 15) is 0 Å². The first-order valence-corrected chi connectivity index (χ1v) is 4.80. The Morgan fingerprint density at radius 3 is 2.93 bits per heavy atom. The summed E-state index contributed by atoms with van der Waals surface area (Å²) in [7, 11) is 0. The van der Waals surface area contributed by atoms with E-state index in [2.05, 4.69) is 4.98 Å². The van der Waals surface area contributed by atoms with E-state index in [0.29, 0.717) is 18.1 Å². The first-order valence-electron chi connectivity index (χ1n) is 4.80. The fourth-order valence-electron chi connectivity index (χ4n) is 1.37. The van der Waals surface area contributed by atoms with Crippen LogP contribution in [0.3, 0.4) is 0 Å². The van der Waals surface area contributed by atoms with E-state index in [1.165, 1.54) is 0 Å². The van der Waals surface area contributed by atoms with Gasteiger partial charge >= 0.3 is 0 Å². The summed E-state index contributed by atoms with van der Waals surface area (Å²) in [5, 5.41) is 0. The average Bonchev–Trinajstić information content (AvgIpc) is 2.67. The Morgan fingerprint density at radius 1 is 1.33 bits per heavy atom. The van der Waals surface area contributed by atoms with E-state index < -0.39 is 0 Å². The minimum absolute atomic E-state index is 0.572. The van der Waals surface area contributed by atoms with Gasteiger partial charge in [-0.2, -0.15) is 0 Å². The molecule has 0 spiro atoms. The number of anilines is 1. The molecule has 0 atom stereocenters. The predicted octanol–water partition coefficient (Wildman–Crippen LogP) is 1.42. The van der Waals surface area contributed by atoms with Crippen molar-refractivity contribution in [2.75, 3.05) is 12.3 Å². The molecule has 0 bridgehead atoms. The average molecular weight is 203 g/mol. The lowest BCUT2D eigenvalue weighted by Crippen LogP contribution is -2.02. The molecule has 4 N–H and O–H groups in total. The zero-order valence-electron chi connectivity index (χ0n) is 8.31. The fraction of sp³-hybridized carbons (Fsp3) is 0.182. The molecule has 0 saturated heterocycles. The molecule has 1 aromatic carbocycles. The number of nitrogen functional groups attached to an aromatic ring is 1. The van der Waals surface area contributed by atoms with E-state index in [0.717, 1.165) is 17.7 Å². The van der Waals surface area contributed by atoms with Crippen molar-refractivity contribution in [3.05, 3.63) is 36.2 Å². The van der Waals surface area contributed by atoms with Gasteiger partial charge in [-0.1, -0.05) is 6.07 Å². The van der Waals surface area contributed by atoms with Crippen LogP contribution in [0.1, 0.15) is 5.69 Å². The molecule has 1 heterocycles. The number of hydrogen-bond acceptors (Lipinski definition) is 4. The maximum atomic E-state index is 5.67. The summed E-state index contributed by atoms with van der Waals surface area (Å²) in [5.74, 6) is 0.589. The van der Waals surface area contributed by atoms with Gasteiger partial charge in [0.15, 0.2) is 0 Å². The third-order valence-corrected chi connectivity index (χ3v) is 2.09. The van der Waals surface area contributed by atoms with Crippen LogP contribution in [0, 0.1) is 0 Å². The number of aromatic nitrogens is 1. The highest BCUT2D eigenvalue weighted by Crippen LogP contribution is 2.20. The minimum atomic E-state index is 0.572. The standard InChI is InChI=1S/C11H13N3O/c12-5-4-10-7-15-11(14-10)8-2-1-3-9(13)6-8/h1-3,6-7H,4-5,12-13H2. The molecule has 2 rings (SSSR count). The second kappa shape index (κ2) is 4.14. The summed E-state index contributed by atoms with van der Waals surface area (Å²) < 4.78 is 5.34. The zero-order chi connectivity index (χ0) is 10.7. The van der Waals surface area contributed by atoms with Crippen molar-refractivity contribution in [2.45, 2.75) is 6.42 Å². The fourth-order valence-corrected chi connectivity index (χ4v) is 1.37. The molecule has 0 aliphatic carbocycles. The number of nitrogens with zero attached hydrogens (tertiary/aromatic N) is 1. The summed E-state index contributed by atoms with van der Waals surface area (Å²) in [4.78, 5) is 4.31. The van der Waals surface area contributed by atoms with Gasteiger partial charge in [0.25, 0.3) is 0 Å². The summed E-state index contributed by atoms with van der Waals surface area (Å²) >= 11 is 0. The van der Waals surface area contributed by atoms with Crippen LogP contribution in [-0.4, -0.2) is 11.5 Å². The number of hydrogen-bond donors (Lipinski definition) is 2. The molecule has 0 saturated carbocycles. The van der Waals surface area contributed by atoms with Crippen LogP contribution in [0.4, 0.5) is 5.69 Å². The van der Waals surface area contributed by atoms with Crippen molar-refractivity contribution >= 4 is 5.69 Å². The third kappa shape index (κ3) is 2.16. The summed E-state index contributed by atoms with van der Waals surface area (Å²) in [5.41, 5.74) is 13.6. The number of benzene rings is 1. The molecule has 4 heteroatoms.